The molecule has 3 heteroatoms. The molecule has 1 heterocycles. The first-order chi connectivity index (χ1) is 8.31. The first-order valence-corrected chi connectivity index (χ1v) is 7.02. The summed E-state index contributed by atoms with van der Waals surface area (Å²) < 4.78 is 2.01. The standard InChI is InChI=1S/C14H25N3/c1-3-15-13(14-9-10-16-17(14)2)11-12-7-5-4-6-8-12/h9-10,12-13,15H,3-8,11H2,1-2H3. The summed E-state index contributed by atoms with van der Waals surface area (Å²) in [4.78, 5) is 0. The highest BCUT2D eigenvalue weighted by Gasteiger charge is 2.21. The van der Waals surface area contributed by atoms with Crippen LogP contribution in [0.5, 0.6) is 0 Å². The van der Waals surface area contributed by atoms with Gasteiger partial charge in [-0.2, -0.15) is 5.10 Å². The minimum absolute atomic E-state index is 0.482. The van der Waals surface area contributed by atoms with Gasteiger partial charge in [-0.3, -0.25) is 4.68 Å². The number of nitrogens with zero attached hydrogens (tertiary/aromatic N) is 2. The van der Waals surface area contributed by atoms with E-state index in [-0.39, 0.29) is 0 Å². The first-order valence-electron chi connectivity index (χ1n) is 7.02. The summed E-state index contributed by atoms with van der Waals surface area (Å²) in [6.07, 6.45) is 10.3. The van der Waals surface area contributed by atoms with Crippen molar-refractivity contribution < 1.29 is 0 Å². The van der Waals surface area contributed by atoms with E-state index in [2.05, 4.69) is 23.4 Å². The van der Waals surface area contributed by atoms with Gasteiger partial charge in [0.05, 0.1) is 5.69 Å². The summed E-state index contributed by atoms with van der Waals surface area (Å²) in [7, 11) is 2.04. The Morgan fingerprint density at radius 2 is 2.18 bits per heavy atom. The maximum Gasteiger partial charge on any atom is 0.0550 e. The number of rotatable bonds is 5. The van der Waals surface area contributed by atoms with Crippen molar-refractivity contribution in [2.24, 2.45) is 13.0 Å². The van der Waals surface area contributed by atoms with Crippen LogP contribution in [0.2, 0.25) is 0 Å². The summed E-state index contributed by atoms with van der Waals surface area (Å²) in [6.45, 7) is 3.22. The maximum atomic E-state index is 4.29. The Kier molecular flexibility index (Phi) is 4.60. The van der Waals surface area contributed by atoms with E-state index in [1.54, 1.807) is 0 Å². The average Bonchev–Trinajstić information content (AvgIpc) is 2.76. The fourth-order valence-electron chi connectivity index (χ4n) is 3.04. The van der Waals surface area contributed by atoms with E-state index in [0.717, 1.165) is 12.5 Å². The molecule has 1 aliphatic carbocycles. The zero-order valence-corrected chi connectivity index (χ0v) is 11.2. The molecule has 3 nitrogen and oxygen atoms in total. The normalized spacial score (nSPS) is 19.4. The van der Waals surface area contributed by atoms with Gasteiger partial charge in [0.25, 0.3) is 0 Å². The molecule has 17 heavy (non-hydrogen) atoms. The Morgan fingerprint density at radius 1 is 1.41 bits per heavy atom. The molecule has 0 amide bonds. The van der Waals surface area contributed by atoms with Gasteiger partial charge in [0, 0.05) is 19.3 Å². The van der Waals surface area contributed by atoms with Crippen molar-refractivity contribution >= 4 is 0 Å². The summed E-state index contributed by atoms with van der Waals surface area (Å²) in [5, 5.41) is 7.90. The van der Waals surface area contributed by atoms with E-state index in [4.69, 9.17) is 0 Å². The quantitative estimate of drug-likeness (QED) is 0.850. The van der Waals surface area contributed by atoms with Crippen molar-refractivity contribution in [2.45, 2.75) is 51.5 Å². The van der Waals surface area contributed by atoms with E-state index in [1.807, 2.05) is 17.9 Å². The van der Waals surface area contributed by atoms with Crippen LogP contribution in [-0.4, -0.2) is 16.3 Å². The SMILES string of the molecule is CCNC(CC1CCCCC1)c1ccnn1C. The van der Waals surface area contributed by atoms with E-state index in [1.165, 1.54) is 44.2 Å². The second kappa shape index (κ2) is 6.20. The lowest BCUT2D eigenvalue weighted by atomic mass is 9.84. The lowest BCUT2D eigenvalue weighted by Crippen LogP contribution is -2.26. The Labute approximate surface area is 105 Å². The topological polar surface area (TPSA) is 29.9 Å². The summed E-state index contributed by atoms with van der Waals surface area (Å²) in [6, 6.07) is 2.63. The number of nitrogens with one attached hydrogen (secondary N) is 1. The van der Waals surface area contributed by atoms with Crippen LogP contribution in [0.15, 0.2) is 12.3 Å². The highest BCUT2D eigenvalue weighted by Crippen LogP contribution is 2.31. The number of hydrogen-bond acceptors (Lipinski definition) is 2. The Hall–Kier alpha value is -0.830. The van der Waals surface area contributed by atoms with Crippen LogP contribution in [0.1, 0.15) is 57.2 Å². The van der Waals surface area contributed by atoms with E-state index in [0.29, 0.717) is 6.04 Å². The molecule has 1 aromatic heterocycles. The lowest BCUT2D eigenvalue weighted by molar-refractivity contribution is 0.296. The Balaban J connectivity index is 1.99. The summed E-state index contributed by atoms with van der Waals surface area (Å²) in [5.74, 6) is 0.905. The third-order valence-electron chi connectivity index (χ3n) is 3.96. The largest absolute Gasteiger partial charge is 0.309 e. The molecule has 96 valence electrons. The van der Waals surface area contributed by atoms with Crippen molar-refractivity contribution in [1.82, 2.24) is 15.1 Å². The van der Waals surface area contributed by atoms with Gasteiger partial charge in [-0.25, -0.2) is 0 Å². The Morgan fingerprint density at radius 3 is 2.76 bits per heavy atom. The summed E-state index contributed by atoms with van der Waals surface area (Å²) in [5.41, 5.74) is 1.33. The number of aryl methyl sites for hydroxylation is 1. The number of aromatic nitrogens is 2. The van der Waals surface area contributed by atoms with Gasteiger partial charge in [0.2, 0.25) is 0 Å². The van der Waals surface area contributed by atoms with Crippen LogP contribution in [0, 0.1) is 5.92 Å². The molecular weight excluding hydrogens is 210 g/mol. The van der Waals surface area contributed by atoms with Crippen LogP contribution in [0.25, 0.3) is 0 Å². The van der Waals surface area contributed by atoms with Crippen molar-refractivity contribution in [1.29, 1.82) is 0 Å². The average molecular weight is 235 g/mol. The minimum Gasteiger partial charge on any atom is -0.309 e. The molecule has 1 saturated carbocycles. The van der Waals surface area contributed by atoms with E-state index < -0.39 is 0 Å². The van der Waals surface area contributed by atoms with Gasteiger partial charge in [0.15, 0.2) is 0 Å². The van der Waals surface area contributed by atoms with Crippen LogP contribution in [-0.2, 0) is 7.05 Å². The molecule has 0 radical (unpaired) electrons. The first kappa shape index (κ1) is 12.6. The van der Waals surface area contributed by atoms with Gasteiger partial charge in [0.1, 0.15) is 0 Å². The molecule has 1 aliphatic rings. The molecule has 1 atom stereocenters. The molecule has 0 aromatic carbocycles. The highest BCUT2D eigenvalue weighted by atomic mass is 15.3. The van der Waals surface area contributed by atoms with Crippen LogP contribution in [0.4, 0.5) is 0 Å². The van der Waals surface area contributed by atoms with Crippen molar-refractivity contribution in [3.8, 4) is 0 Å². The molecule has 0 aliphatic heterocycles. The lowest BCUT2D eigenvalue weighted by Gasteiger charge is -2.27. The monoisotopic (exact) mass is 235 g/mol. The molecule has 1 N–H and O–H groups in total. The molecular formula is C14H25N3. The van der Waals surface area contributed by atoms with Crippen LogP contribution in [0.3, 0.4) is 0 Å². The third-order valence-corrected chi connectivity index (χ3v) is 3.96. The molecule has 1 fully saturated rings. The maximum absolute atomic E-state index is 4.29. The van der Waals surface area contributed by atoms with Crippen LogP contribution < -0.4 is 5.32 Å². The zero-order valence-electron chi connectivity index (χ0n) is 11.2. The zero-order chi connectivity index (χ0) is 12.1. The van der Waals surface area contributed by atoms with E-state index >= 15 is 0 Å². The predicted molar refractivity (Wildman–Crippen MR) is 70.8 cm³/mol. The van der Waals surface area contributed by atoms with Gasteiger partial charge >= 0.3 is 0 Å². The van der Waals surface area contributed by atoms with Crippen molar-refractivity contribution in [2.75, 3.05) is 6.54 Å². The van der Waals surface area contributed by atoms with Gasteiger partial charge in [-0.1, -0.05) is 39.0 Å². The predicted octanol–water partition coefficient (Wildman–Crippen LogP) is 3.04. The molecule has 1 aromatic rings. The molecule has 0 bridgehead atoms. The fraction of sp³-hybridized carbons (Fsp3) is 0.786. The smallest absolute Gasteiger partial charge is 0.0550 e. The minimum atomic E-state index is 0.482. The molecule has 2 rings (SSSR count). The van der Waals surface area contributed by atoms with Gasteiger partial charge in [-0.05, 0) is 24.9 Å². The van der Waals surface area contributed by atoms with Crippen molar-refractivity contribution in [3.63, 3.8) is 0 Å². The Bertz CT molecular complexity index is 326. The van der Waals surface area contributed by atoms with Gasteiger partial charge in [-0.15, -0.1) is 0 Å². The van der Waals surface area contributed by atoms with Crippen molar-refractivity contribution in [3.05, 3.63) is 18.0 Å². The molecule has 0 saturated heterocycles. The highest BCUT2D eigenvalue weighted by molar-refractivity contribution is 5.07. The molecule has 1 unspecified atom stereocenters. The third kappa shape index (κ3) is 3.32. The second-order valence-electron chi connectivity index (χ2n) is 5.23. The second-order valence-corrected chi connectivity index (χ2v) is 5.23. The fourth-order valence-corrected chi connectivity index (χ4v) is 3.04. The number of hydrogen-bond donors (Lipinski definition) is 1. The van der Waals surface area contributed by atoms with Crippen LogP contribution >= 0.6 is 0 Å². The van der Waals surface area contributed by atoms with Gasteiger partial charge < -0.3 is 5.32 Å². The van der Waals surface area contributed by atoms with E-state index in [9.17, 15) is 0 Å². The molecule has 0 spiro atoms. The summed E-state index contributed by atoms with van der Waals surface area (Å²) >= 11 is 0.